The molecular weight excluding hydrogens is 236 g/mol. The highest BCUT2D eigenvalue weighted by Crippen LogP contribution is 2.23. The van der Waals surface area contributed by atoms with Crippen molar-refractivity contribution in [1.29, 1.82) is 0 Å². The van der Waals surface area contributed by atoms with Crippen molar-refractivity contribution in [2.45, 2.75) is 19.3 Å². The highest BCUT2D eigenvalue weighted by Gasteiger charge is 2.35. The fraction of sp³-hybridized carbons (Fsp3) is 0.833. The van der Waals surface area contributed by atoms with Gasteiger partial charge in [-0.1, -0.05) is 0 Å². The number of aliphatic hydroxyl groups is 1. The van der Waals surface area contributed by atoms with Crippen LogP contribution in [0.2, 0.25) is 0 Å². The highest BCUT2D eigenvalue weighted by molar-refractivity contribution is 5.76. The third-order valence-corrected chi connectivity index (χ3v) is 3.74. The van der Waals surface area contributed by atoms with Crippen molar-refractivity contribution in [3.8, 4) is 0 Å². The van der Waals surface area contributed by atoms with Crippen LogP contribution in [-0.2, 0) is 4.79 Å². The summed E-state index contributed by atoms with van der Waals surface area (Å²) in [7, 11) is 0. The summed E-state index contributed by atoms with van der Waals surface area (Å²) in [6, 6.07) is -0.00483. The maximum Gasteiger partial charge on any atom is 0.320 e. The van der Waals surface area contributed by atoms with Crippen LogP contribution in [0, 0.1) is 11.8 Å². The summed E-state index contributed by atoms with van der Waals surface area (Å²) in [5, 5.41) is 17.8. The molecule has 102 valence electrons. The van der Waals surface area contributed by atoms with Crippen LogP contribution in [-0.4, -0.2) is 64.8 Å². The van der Waals surface area contributed by atoms with Crippen LogP contribution in [0.15, 0.2) is 0 Å². The number of piperidine rings is 1. The lowest BCUT2D eigenvalue weighted by molar-refractivity contribution is -0.139. The quantitative estimate of drug-likeness (QED) is 0.756. The van der Waals surface area contributed by atoms with Crippen LogP contribution in [0.3, 0.4) is 0 Å². The lowest BCUT2D eigenvalue weighted by atomic mass is 9.96. The normalized spacial score (nSPS) is 24.8. The summed E-state index contributed by atoms with van der Waals surface area (Å²) < 4.78 is 0. The van der Waals surface area contributed by atoms with E-state index >= 15 is 0 Å². The number of rotatable bonds is 3. The Bertz CT molecular complexity index is 328. The first-order chi connectivity index (χ1) is 8.60. The molecule has 0 aromatic rings. The van der Waals surface area contributed by atoms with Crippen LogP contribution in [0.4, 0.5) is 4.79 Å². The molecule has 2 aliphatic rings. The van der Waals surface area contributed by atoms with Gasteiger partial charge in [-0.2, -0.15) is 0 Å². The molecule has 0 saturated carbocycles. The van der Waals surface area contributed by atoms with Crippen molar-refractivity contribution < 1.29 is 19.8 Å². The van der Waals surface area contributed by atoms with Crippen molar-refractivity contribution >= 4 is 12.0 Å². The Morgan fingerprint density at radius 2 is 1.78 bits per heavy atom. The van der Waals surface area contributed by atoms with E-state index in [4.69, 9.17) is 10.2 Å². The van der Waals surface area contributed by atoms with Gasteiger partial charge in [0.2, 0.25) is 0 Å². The maximum atomic E-state index is 12.1. The zero-order valence-electron chi connectivity index (χ0n) is 10.4. The second kappa shape index (κ2) is 5.56. The van der Waals surface area contributed by atoms with Gasteiger partial charge in [0.15, 0.2) is 0 Å². The predicted molar refractivity (Wildman–Crippen MR) is 64.1 cm³/mol. The molecule has 0 aromatic carbocycles. The summed E-state index contributed by atoms with van der Waals surface area (Å²) in [6.45, 7) is 2.59. The lowest BCUT2D eigenvalue weighted by Gasteiger charge is -2.43. The molecule has 0 aromatic heterocycles. The van der Waals surface area contributed by atoms with E-state index in [1.165, 1.54) is 0 Å². The number of amides is 2. The number of nitrogens with zero attached hydrogens (tertiary/aromatic N) is 2. The fourth-order valence-electron chi connectivity index (χ4n) is 2.69. The summed E-state index contributed by atoms with van der Waals surface area (Å²) in [5.41, 5.74) is 0. The largest absolute Gasteiger partial charge is 0.481 e. The number of hydrogen-bond donors (Lipinski definition) is 2. The second-order valence-electron chi connectivity index (χ2n) is 5.29. The molecule has 2 amide bonds. The van der Waals surface area contributed by atoms with E-state index in [2.05, 4.69) is 0 Å². The molecule has 2 rings (SSSR count). The van der Waals surface area contributed by atoms with Gasteiger partial charge in [0.25, 0.3) is 0 Å². The monoisotopic (exact) mass is 256 g/mol. The highest BCUT2D eigenvalue weighted by atomic mass is 16.4. The van der Waals surface area contributed by atoms with E-state index in [0.29, 0.717) is 19.6 Å². The first-order valence-corrected chi connectivity index (χ1v) is 6.46. The standard InChI is InChI=1S/C12H20N2O4/c15-8-9-2-1-3-13(5-9)12(18)14-6-10(7-14)4-11(16)17/h9-10,15H,1-8H2,(H,16,17). The topological polar surface area (TPSA) is 81.1 Å². The number of carbonyl (C=O) groups excluding carboxylic acids is 1. The Balaban J connectivity index is 1.77. The first kappa shape index (κ1) is 13.1. The van der Waals surface area contributed by atoms with E-state index in [9.17, 15) is 9.59 Å². The number of aliphatic hydroxyl groups excluding tert-OH is 1. The van der Waals surface area contributed by atoms with E-state index in [0.717, 1.165) is 19.4 Å². The minimum absolute atomic E-state index is 0.00483. The van der Waals surface area contributed by atoms with Gasteiger partial charge in [0.1, 0.15) is 0 Å². The van der Waals surface area contributed by atoms with Crippen molar-refractivity contribution in [2.75, 3.05) is 32.8 Å². The minimum atomic E-state index is -0.801. The summed E-state index contributed by atoms with van der Waals surface area (Å²) in [5.74, 6) is -0.505. The Morgan fingerprint density at radius 3 is 2.39 bits per heavy atom. The van der Waals surface area contributed by atoms with Crippen molar-refractivity contribution in [2.24, 2.45) is 11.8 Å². The minimum Gasteiger partial charge on any atom is -0.481 e. The van der Waals surface area contributed by atoms with E-state index < -0.39 is 5.97 Å². The van der Waals surface area contributed by atoms with Gasteiger partial charge in [-0.25, -0.2) is 4.79 Å². The molecule has 2 fully saturated rings. The molecule has 2 saturated heterocycles. The van der Waals surface area contributed by atoms with Gasteiger partial charge in [0.05, 0.1) is 6.42 Å². The van der Waals surface area contributed by atoms with Gasteiger partial charge in [-0.3, -0.25) is 4.79 Å². The van der Waals surface area contributed by atoms with Crippen LogP contribution >= 0.6 is 0 Å². The molecule has 2 N–H and O–H groups in total. The number of likely N-dealkylation sites (tertiary alicyclic amines) is 2. The van der Waals surface area contributed by atoms with Crippen LogP contribution in [0.5, 0.6) is 0 Å². The van der Waals surface area contributed by atoms with Crippen LogP contribution in [0.25, 0.3) is 0 Å². The molecule has 2 heterocycles. The first-order valence-electron chi connectivity index (χ1n) is 6.46. The van der Waals surface area contributed by atoms with E-state index in [-0.39, 0.29) is 30.9 Å². The van der Waals surface area contributed by atoms with Gasteiger partial charge < -0.3 is 20.0 Å². The number of carboxylic acid groups (broad SMARTS) is 1. The average molecular weight is 256 g/mol. The van der Waals surface area contributed by atoms with Gasteiger partial charge in [-0.15, -0.1) is 0 Å². The van der Waals surface area contributed by atoms with Crippen molar-refractivity contribution in [1.82, 2.24) is 9.80 Å². The smallest absolute Gasteiger partial charge is 0.320 e. The Kier molecular flexibility index (Phi) is 4.06. The Morgan fingerprint density at radius 1 is 1.11 bits per heavy atom. The Labute approximate surface area is 106 Å². The van der Waals surface area contributed by atoms with Crippen LogP contribution < -0.4 is 0 Å². The van der Waals surface area contributed by atoms with Gasteiger partial charge in [-0.05, 0) is 18.8 Å². The van der Waals surface area contributed by atoms with Crippen molar-refractivity contribution in [3.63, 3.8) is 0 Å². The number of hydrogen-bond acceptors (Lipinski definition) is 3. The summed E-state index contributed by atoms with van der Waals surface area (Å²) in [4.78, 5) is 26.1. The molecule has 0 bridgehead atoms. The maximum absolute atomic E-state index is 12.1. The Hall–Kier alpha value is -1.30. The average Bonchev–Trinajstić information content (AvgIpc) is 2.32. The lowest BCUT2D eigenvalue weighted by Crippen LogP contribution is -2.57. The van der Waals surface area contributed by atoms with E-state index in [1.807, 2.05) is 0 Å². The summed E-state index contributed by atoms with van der Waals surface area (Å²) in [6.07, 6.45) is 2.05. The molecule has 1 atom stereocenters. The number of aliphatic carboxylic acids is 1. The molecule has 0 aliphatic carbocycles. The zero-order chi connectivity index (χ0) is 13.1. The van der Waals surface area contributed by atoms with Crippen molar-refractivity contribution in [3.05, 3.63) is 0 Å². The van der Waals surface area contributed by atoms with Gasteiger partial charge in [0, 0.05) is 38.7 Å². The molecule has 6 nitrogen and oxygen atoms in total. The molecule has 1 unspecified atom stereocenters. The SMILES string of the molecule is O=C(O)CC1CN(C(=O)N2CCCC(CO)C2)C1. The van der Waals surface area contributed by atoms with E-state index in [1.54, 1.807) is 9.80 Å². The third kappa shape index (κ3) is 2.93. The molecule has 2 aliphatic heterocycles. The molecule has 18 heavy (non-hydrogen) atoms. The molecule has 0 spiro atoms. The fourth-order valence-corrected chi connectivity index (χ4v) is 2.69. The second-order valence-corrected chi connectivity index (χ2v) is 5.29. The molecule has 0 radical (unpaired) electrons. The van der Waals surface area contributed by atoms with Gasteiger partial charge >= 0.3 is 12.0 Å². The predicted octanol–water partition coefficient (Wildman–Crippen LogP) is 0.217. The molecule has 6 heteroatoms. The summed E-state index contributed by atoms with van der Waals surface area (Å²) >= 11 is 0. The third-order valence-electron chi connectivity index (χ3n) is 3.74. The number of carbonyl (C=O) groups is 2. The van der Waals surface area contributed by atoms with Crippen LogP contribution in [0.1, 0.15) is 19.3 Å². The number of carboxylic acids is 1. The number of urea groups is 1. The zero-order valence-corrected chi connectivity index (χ0v) is 10.4. The molecular formula is C12H20N2O4.